The zero-order valence-electron chi connectivity index (χ0n) is 11.6. The highest BCUT2D eigenvalue weighted by atomic mass is 32.2. The Morgan fingerprint density at radius 3 is 2.60 bits per heavy atom. The fourth-order valence-corrected chi connectivity index (χ4v) is 4.26. The molecule has 0 radical (unpaired) electrons. The normalized spacial score (nSPS) is 20.8. The molecule has 0 spiro atoms. The highest BCUT2D eigenvalue weighted by Crippen LogP contribution is 2.23. The summed E-state index contributed by atoms with van der Waals surface area (Å²) in [5, 5.41) is 0. The van der Waals surface area contributed by atoms with Crippen LogP contribution in [0.1, 0.15) is 25.3 Å². The molecule has 1 fully saturated rings. The molecule has 1 aliphatic rings. The lowest BCUT2D eigenvalue weighted by atomic mass is 10.0. The van der Waals surface area contributed by atoms with Crippen LogP contribution in [0.3, 0.4) is 0 Å². The molecule has 0 saturated carbocycles. The van der Waals surface area contributed by atoms with E-state index < -0.39 is 10.0 Å². The predicted octanol–water partition coefficient (Wildman–Crippen LogP) is 1.94. The summed E-state index contributed by atoms with van der Waals surface area (Å²) < 4.78 is 26.7. The lowest BCUT2D eigenvalue weighted by molar-refractivity contribution is 0.281. The smallest absolute Gasteiger partial charge is 0.243 e. The maximum atomic E-state index is 12.5. The fourth-order valence-electron chi connectivity index (χ4n) is 2.49. The Labute approximate surface area is 126 Å². The number of benzene rings is 1. The van der Waals surface area contributed by atoms with E-state index in [1.54, 1.807) is 28.6 Å². The number of thiocarbonyl (C=S) groups is 1. The van der Waals surface area contributed by atoms with Crippen LogP contribution in [0.25, 0.3) is 0 Å². The van der Waals surface area contributed by atoms with Crippen LogP contribution in [0.5, 0.6) is 0 Å². The first-order chi connectivity index (χ1) is 9.39. The minimum absolute atomic E-state index is 0.346. The van der Waals surface area contributed by atoms with E-state index in [2.05, 4.69) is 6.92 Å². The predicted molar refractivity (Wildman–Crippen MR) is 84.1 cm³/mol. The molecule has 0 amide bonds. The fraction of sp³-hybridized carbons (Fsp3) is 0.500. The van der Waals surface area contributed by atoms with Crippen LogP contribution < -0.4 is 5.73 Å². The SMILES string of the molecule is CC1CCCN(S(=O)(=O)c2ccc(CC(N)=S)cc2)C1. The third-order valence-corrected chi connectivity index (χ3v) is 5.58. The molecule has 2 N–H and O–H groups in total. The minimum atomic E-state index is -3.37. The summed E-state index contributed by atoms with van der Waals surface area (Å²) in [5.74, 6) is 0.424. The number of rotatable bonds is 4. The first-order valence-corrected chi connectivity index (χ1v) is 8.62. The molecule has 1 atom stereocenters. The molecule has 2 rings (SSSR count). The lowest BCUT2D eigenvalue weighted by Gasteiger charge is -2.30. The number of sulfonamides is 1. The van der Waals surface area contributed by atoms with Crippen molar-refractivity contribution in [3.63, 3.8) is 0 Å². The summed E-state index contributed by atoms with van der Waals surface area (Å²) in [6.07, 6.45) is 2.52. The first kappa shape index (κ1) is 15.4. The van der Waals surface area contributed by atoms with E-state index in [1.807, 2.05) is 0 Å². The van der Waals surface area contributed by atoms with Crippen molar-refractivity contribution in [1.29, 1.82) is 0 Å². The van der Waals surface area contributed by atoms with Crippen molar-refractivity contribution < 1.29 is 8.42 Å². The van der Waals surface area contributed by atoms with Gasteiger partial charge in [-0.1, -0.05) is 31.3 Å². The van der Waals surface area contributed by atoms with Gasteiger partial charge in [0.15, 0.2) is 0 Å². The summed E-state index contributed by atoms with van der Waals surface area (Å²) in [5.41, 5.74) is 6.42. The van der Waals surface area contributed by atoms with E-state index in [4.69, 9.17) is 18.0 Å². The van der Waals surface area contributed by atoms with Gasteiger partial charge in [0.05, 0.1) is 9.88 Å². The molecule has 1 saturated heterocycles. The first-order valence-electron chi connectivity index (χ1n) is 6.77. The van der Waals surface area contributed by atoms with E-state index in [0.29, 0.717) is 35.3 Å². The topological polar surface area (TPSA) is 63.4 Å². The van der Waals surface area contributed by atoms with Crippen LogP contribution in [0.4, 0.5) is 0 Å². The molecule has 1 unspecified atom stereocenters. The Bertz CT molecular complexity index is 582. The molecule has 0 aliphatic carbocycles. The summed E-state index contributed by atoms with van der Waals surface area (Å²) >= 11 is 4.85. The van der Waals surface area contributed by atoms with Gasteiger partial charge in [-0.15, -0.1) is 0 Å². The number of piperidine rings is 1. The van der Waals surface area contributed by atoms with Gasteiger partial charge < -0.3 is 5.73 Å². The number of nitrogens with two attached hydrogens (primary N) is 1. The van der Waals surface area contributed by atoms with Gasteiger partial charge in [0, 0.05) is 19.5 Å². The van der Waals surface area contributed by atoms with Gasteiger partial charge in [-0.2, -0.15) is 4.31 Å². The van der Waals surface area contributed by atoms with E-state index in [1.165, 1.54) is 0 Å². The molecular formula is C14H20N2O2S2. The molecule has 1 aromatic rings. The Morgan fingerprint density at radius 2 is 2.05 bits per heavy atom. The van der Waals surface area contributed by atoms with Crippen LogP contribution in [-0.2, 0) is 16.4 Å². The van der Waals surface area contributed by atoms with Gasteiger partial charge in [-0.25, -0.2) is 8.42 Å². The molecule has 4 nitrogen and oxygen atoms in total. The Hall–Kier alpha value is -0.980. The molecule has 1 heterocycles. The number of nitrogens with zero attached hydrogens (tertiary/aromatic N) is 1. The van der Waals surface area contributed by atoms with Crippen molar-refractivity contribution in [2.45, 2.75) is 31.1 Å². The van der Waals surface area contributed by atoms with Crippen molar-refractivity contribution in [3.05, 3.63) is 29.8 Å². The summed E-state index contributed by atoms with van der Waals surface area (Å²) in [4.78, 5) is 0.753. The largest absolute Gasteiger partial charge is 0.393 e. The molecule has 0 bridgehead atoms. The van der Waals surface area contributed by atoms with Gasteiger partial charge >= 0.3 is 0 Å². The van der Waals surface area contributed by atoms with Crippen LogP contribution in [0.2, 0.25) is 0 Å². The molecular weight excluding hydrogens is 292 g/mol. The van der Waals surface area contributed by atoms with Gasteiger partial charge in [0.2, 0.25) is 10.0 Å². The zero-order valence-corrected chi connectivity index (χ0v) is 13.2. The summed E-state index contributed by atoms with van der Waals surface area (Å²) in [6, 6.07) is 6.84. The molecule has 1 aromatic carbocycles. The van der Waals surface area contributed by atoms with Crippen LogP contribution >= 0.6 is 12.2 Å². The van der Waals surface area contributed by atoms with Crippen LogP contribution in [-0.4, -0.2) is 30.8 Å². The second-order valence-electron chi connectivity index (χ2n) is 5.40. The minimum Gasteiger partial charge on any atom is -0.393 e. The standard InChI is InChI=1S/C14H20N2O2S2/c1-11-3-2-8-16(10-11)20(17,18)13-6-4-12(5-7-13)9-14(15)19/h4-7,11H,2-3,8-10H2,1H3,(H2,15,19). The van der Waals surface area contributed by atoms with Crippen molar-refractivity contribution in [3.8, 4) is 0 Å². The van der Waals surface area contributed by atoms with E-state index in [9.17, 15) is 8.42 Å². The zero-order chi connectivity index (χ0) is 14.8. The average Bonchev–Trinajstić information content (AvgIpc) is 2.38. The van der Waals surface area contributed by atoms with Crippen molar-refractivity contribution in [1.82, 2.24) is 4.31 Å². The highest BCUT2D eigenvalue weighted by molar-refractivity contribution is 7.89. The molecule has 6 heteroatoms. The quantitative estimate of drug-likeness (QED) is 0.863. The van der Waals surface area contributed by atoms with E-state index in [-0.39, 0.29) is 0 Å². The monoisotopic (exact) mass is 312 g/mol. The molecule has 110 valence electrons. The maximum absolute atomic E-state index is 12.5. The van der Waals surface area contributed by atoms with Crippen LogP contribution in [0, 0.1) is 5.92 Å². The Morgan fingerprint density at radius 1 is 1.40 bits per heavy atom. The summed E-state index contributed by atoms with van der Waals surface area (Å²) in [6.45, 7) is 3.31. The number of hydrogen-bond acceptors (Lipinski definition) is 3. The second kappa shape index (κ2) is 6.20. The number of hydrogen-bond donors (Lipinski definition) is 1. The van der Waals surface area contributed by atoms with Gasteiger partial charge in [-0.05, 0) is 36.5 Å². The third-order valence-electron chi connectivity index (χ3n) is 3.56. The van der Waals surface area contributed by atoms with Gasteiger partial charge in [0.25, 0.3) is 0 Å². The summed E-state index contributed by atoms with van der Waals surface area (Å²) in [7, 11) is -3.37. The Balaban J connectivity index is 2.19. The second-order valence-corrected chi connectivity index (χ2v) is 7.86. The highest BCUT2D eigenvalue weighted by Gasteiger charge is 2.28. The van der Waals surface area contributed by atoms with Gasteiger partial charge in [0.1, 0.15) is 0 Å². The average molecular weight is 312 g/mol. The Kier molecular flexibility index (Phi) is 4.78. The van der Waals surface area contributed by atoms with Gasteiger partial charge in [-0.3, -0.25) is 0 Å². The van der Waals surface area contributed by atoms with E-state index >= 15 is 0 Å². The van der Waals surface area contributed by atoms with Crippen molar-refractivity contribution >= 4 is 27.2 Å². The maximum Gasteiger partial charge on any atom is 0.243 e. The molecule has 0 aromatic heterocycles. The molecule has 20 heavy (non-hydrogen) atoms. The lowest BCUT2D eigenvalue weighted by Crippen LogP contribution is -2.39. The van der Waals surface area contributed by atoms with Crippen molar-refractivity contribution in [2.24, 2.45) is 11.7 Å². The van der Waals surface area contributed by atoms with E-state index in [0.717, 1.165) is 18.4 Å². The van der Waals surface area contributed by atoms with Crippen LogP contribution in [0.15, 0.2) is 29.2 Å². The van der Waals surface area contributed by atoms with Crippen molar-refractivity contribution in [2.75, 3.05) is 13.1 Å². The molecule has 1 aliphatic heterocycles. The third kappa shape index (κ3) is 3.56.